The van der Waals surface area contributed by atoms with Gasteiger partial charge in [-0.15, -0.1) is 0 Å². The number of amides is 4. The van der Waals surface area contributed by atoms with Crippen molar-refractivity contribution in [3.8, 4) is 0 Å². The minimum Gasteiger partial charge on any atom is -0.322 e. The Kier molecular flexibility index (Phi) is 4.34. The second-order valence-electron chi connectivity index (χ2n) is 7.69. The summed E-state index contributed by atoms with van der Waals surface area (Å²) in [5.74, 6) is -0.169. The second-order valence-corrected chi connectivity index (χ2v) is 7.69. The van der Waals surface area contributed by atoms with E-state index in [9.17, 15) is 14.4 Å². The number of nitrogens with one attached hydrogen (secondary N) is 2. The number of carbonyl (C=O) groups is 3. The molecule has 2 fully saturated rings. The fraction of sp³-hybridized carbons (Fsp3) is 0.381. The Morgan fingerprint density at radius 2 is 1.85 bits per heavy atom. The molecule has 1 heterocycles. The molecule has 1 aliphatic carbocycles. The van der Waals surface area contributed by atoms with Crippen molar-refractivity contribution in [1.29, 1.82) is 0 Å². The number of fused-ring (bicyclic) bond motifs is 1. The number of urea groups is 1. The van der Waals surface area contributed by atoms with Crippen LogP contribution in [-0.4, -0.2) is 28.4 Å². The van der Waals surface area contributed by atoms with Gasteiger partial charge in [-0.05, 0) is 47.9 Å². The number of benzene rings is 2. The molecule has 1 saturated heterocycles. The van der Waals surface area contributed by atoms with E-state index >= 15 is 0 Å². The summed E-state index contributed by atoms with van der Waals surface area (Å²) in [5.41, 5.74) is 2.52. The largest absolute Gasteiger partial charge is 0.344 e. The Labute approximate surface area is 157 Å². The second kappa shape index (κ2) is 6.68. The van der Waals surface area contributed by atoms with Crippen LogP contribution in [0.15, 0.2) is 42.5 Å². The molecule has 4 amide bonds. The molecular weight excluding hydrogens is 342 g/mol. The van der Waals surface area contributed by atoms with Crippen LogP contribution in [0.2, 0.25) is 0 Å². The zero-order valence-corrected chi connectivity index (χ0v) is 15.3. The first-order chi connectivity index (χ1) is 13.0. The van der Waals surface area contributed by atoms with Crippen LogP contribution in [0, 0.1) is 5.92 Å². The molecule has 0 atom stereocenters. The highest BCUT2D eigenvalue weighted by Gasteiger charge is 2.52. The highest BCUT2D eigenvalue weighted by molar-refractivity contribution is 6.08. The van der Waals surface area contributed by atoms with E-state index < -0.39 is 11.6 Å². The van der Waals surface area contributed by atoms with E-state index in [1.807, 2.05) is 42.5 Å². The van der Waals surface area contributed by atoms with Gasteiger partial charge in [0.25, 0.3) is 5.91 Å². The van der Waals surface area contributed by atoms with Crippen LogP contribution in [0.4, 0.5) is 4.79 Å². The summed E-state index contributed by atoms with van der Waals surface area (Å²) >= 11 is 0. The smallest absolute Gasteiger partial charge is 0.322 e. The van der Waals surface area contributed by atoms with Crippen LogP contribution in [0.5, 0.6) is 0 Å². The van der Waals surface area contributed by atoms with Crippen molar-refractivity contribution < 1.29 is 14.4 Å². The van der Waals surface area contributed by atoms with E-state index in [2.05, 4.69) is 17.7 Å². The Bertz CT molecular complexity index is 911. The molecule has 27 heavy (non-hydrogen) atoms. The Balaban J connectivity index is 1.48. The zero-order chi connectivity index (χ0) is 19.0. The Morgan fingerprint density at radius 1 is 1.15 bits per heavy atom. The van der Waals surface area contributed by atoms with Crippen LogP contribution in [0.25, 0.3) is 10.8 Å². The van der Waals surface area contributed by atoms with E-state index in [0.717, 1.165) is 34.2 Å². The minimum atomic E-state index is -0.851. The molecule has 2 aliphatic rings. The monoisotopic (exact) mass is 365 g/mol. The van der Waals surface area contributed by atoms with Gasteiger partial charge in [0.05, 0.1) is 6.42 Å². The third-order valence-electron chi connectivity index (χ3n) is 5.76. The predicted octanol–water partition coefficient (Wildman–Crippen LogP) is 2.91. The molecule has 6 nitrogen and oxygen atoms in total. The molecule has 2 aromatic rings. The summed E-state index contributed by atoms with van der Waals surface area (Å²) in [5, 5.41) is 5.72. The van der Waals surface area contributed by atoms with E-state index in [1.54, 1.807) is 0 Å². The maximum atomic E-state index is 12.8. The maximum absolute atomic E-state index is 12.8. The maximum Gasteiger partial charge on any atom is 0.344 e. The van der Waals surface area contributed by atoms with Crippen LogP contribution < -0.4 is 10.7 Å². The third kappa shape index (κ3) is 3.16. The first-order valence-corrected chi connectivity index (χ1v) is 9.41. The molecule has 4 rings (SSSR count). The molecule has 0 unspecified atom stereocenters. The van der Waals surface area contributed by atoms with E-state index in [4.69, 9.17) is 0 Å². The predicted molar refractivity (Wildman–Crippen MR) is 102 cm³/mol. The first kappa shape index (κ1) is 17.5. The van der Waals surface area contributed by atoms with Crippen molar-refractivity contribution in [1.82, 2.24) is 15.8 Å². The topological polar surface area (TPSA) is 78.5 Å². The van der Waals surface area contributed by atoms with Gasteiger partial charge in [0.1, 0.15) is 5.54 Å². The third-order valence-corrected chi connectivity index (χ3v) is 5.76. The number of hydrazine groups is 1. The van der Waals surface area contributed by atoms with Crippen molar-refractivity contribution in [3.05, 3.63) is 48.0 Å². The van der Waals surface area contributed by atoms with Crippen LogP contribution in [0.1, 0.15) is 38.2 Å². The number of rotatable bonds is 3. The van der Waals surface area contributed by atoms with Gasteiger partial charge in [0, 0.05) is 0 Å². The molecule has 1 saturated carbocycles. The number of nitrogens with zero attached hydrogens (tertiary/aromatic N) is 1. The van der Waals surface area contributed by atoms with Crippen molar-refractivity contribution >= 4 is 28.6 Å². The number of carbonyl (C=O) groups excluding carboxylic acids is 3. The summed E-state index contributed by atoms with van der Waals surface area (Å²) < 4.78 is 0. The van der Waals surface area contributed by atoms with E-state index in [-0.39, 0.29) is 18.2 Å². The van der Waals surface area contributed by atoms with Crippen LogP contribution in [0.3, 0.4) is 0 Å². The lowest BCUT2D eigenvalue weighted by Crippen LogP contribution is -2.51. The molecule has 2 aromatic carbocycles. The van der Waals surface area contributed by atoms with Gasteiger partial charge in [-0.2, -0.15) is 5.01 Å². The number of hydrogen-bond acceptors (Lipinski definition) is 3. The summed E-state index contributed by atoms with van der Waals surface area (Å²) in [6.07, 6.45) is 3.12. The molecule has 1 spiro atoms. The van der Waals surface area contributed by atoms with Gasteiger partial charge in [0.2, 0.25) is 5.91 Å². The lowest BCUT2D eigenvalue weighted by atomic mass is 9.77. The van der Waals surface area contributed by atoms with Gasteiger partial charge in [-0.3, -0.25) is 15.0 Å². The zero-order valence-electron chi connectivity index (χ0n) is 15.3. The molecular formula is C21H23N3O3. The Morgan fingerprint density at radius 3 is 2.63 bits per heavy atom. The number of imide groups is 1. The van der Waals surface area contributed by atoms with Crippen molar-refractivity contribution in [3.63, 3.8) is 0 Å². The average Bonchev–Trinajstić information content (AvgIpc) is 2.89. The Hall–Kier alpha value is -2.89. The summed E-state index contributed by atoms with van der Waals surface area (Å²) in [6.45, 7) is 2.15. The van der Waals surface area contributed by atoms with Crippen molar-refractivity contribution in [2.75, 3.05) is 0 Å². The van der Waals surface area contributed by atoms with Gasteiger partial charge in [-0.1, -0.05) is 49.4 Å². The van der Waals surface area contributed by atoms with Gasteiger partial charge < -0.3 is 5.32 Å². The lowest BCUT2D eigenvalue weighted by Gasteiger charge is -2.33. The van der Waals surface area contributed by atoms with Crippen molar-refractivity contribution in [2.24, 2.45) is 5.92 Å². The standard InChI is InChI=1S/C21H23N3O3/c1-14-9-11-21(12-10-14)19(26)24(20(27)22-21)23-18(25)13-16-7-4-6-15-5-2-3-8-17(15)16/h2-8,14H,9-13H2,1H3,(H,22,27)(H,23,25). The van der Waals surface area contributed by atoms with Gasteiger partial charge >= 0.3 is 6.03 Å². The highest BCUT2D eigenvalue weighted by Crippen LogP contribution is 2.35. The van der Waals surface area contributed by atoms with Crippen LogP contribution >= 0.6 is 0 Å². The van der Waals surface area contributed by atoms with Crippen LogP contribution in [-0.2, 0) is 16.0 Å². The highest BCUT2D eigenvalue weighted by atomic mass is 16.2. The molecule has 6 heteroatoms. The summed E-state index contributed by atoms with van der Waals surface area (Å²) in [6, 6.07) is 13.1. The average molecular weight is 365 g/mol. The minimum absolute atomic E-state index is 0.0997. The quantitative estimate of drug-likeness (QED) is 0.821. The molecule has 140 valence electrons. The SMILES string of the molecule is CC1CCC2(CC1)NC(=O)N(NC(=O)Cc1cccc3ccccc13)C2=O. The molecule has 0 aromatic heterocycles. The fourth-order valence-corrected chi connectivity index (χ4v) is 4.10. The van der Waals surface area contributed by atoms with Gasteiger partial charge in [-0.25, -0.2) is 4.79 Å². The van der Waals surface area contributed by atoms with E-state index in [1.165, 1.54) is 0 Å². The number of hydrogen-bond donors (Lipinski definition) is 2. The summed E-state index contributed by atoms with van der Waals surface area (Å²) in [7, 11) is 0. The molecule has 1 aliphatic heterocycles. The molecule has 0 bridgehead atoms. The fourth-order valence-electron chi connectivity index (χ4n) is 4.10. The van der Waals surface area contributed by atoms with Gasteiger partial charge in [0.15, 0.2) is 0 Å². The summed E-state index contributed by atoms with van der Waals surface area (Å²) in [4.78, 5) is 37.7. The molecule has 2 N–H and O–H groups in total. The normalized spacial score (nSPS) is 25.1. The van der Waals surface area contributed by atoms with Crippen molar-refractivity contribution in [2.45, 2.75) is 44.6 Å². The first-order valence-electron chi connectivity index (χ1n) is 9.41. The lowest BCUT2D eigenvalue weighted by molar-refractivity contribution is -0.139. The molecule has 0 radical (unpaired) electrons. The van der Waals surface area contributed by atoms with E-state index in [0.29, 0.717) is 18.8 Å².